The number of ether oxygens (including phenoxy) is 1. The van der Waals surface area contributed by atoms with Gasteiger partial charge >= 0.3 is 0 Å². The highest BCUT2D eigenvalue weighted by Gasteiger charge is 2.17. The Morgan fingerprint density at radius 3 is 2.62 bits per heavy atom. The second kappa shape index (κ2) is 9.97. The number of carbonyl (C=O) groups excluding carboxylic acids is 1. The fraction of sp³-hybridized carbons (Fsp3) is 0.130. The molecular formula is C23H21N5O3S. The number of aryl methyl sites for hydroxylation is 1. The molecule has 0 aliphatic carbocycles. The van der Waals surface area contributed by atoms with Gasteiger partial charge in [-0.2, -0.15) is 5.10 Å². The van der Waals surface area contributed by atoms with Gasteiger partial charge in [-0.15, -0.1) is 10.2 Å². The Morgan fingerprint density at radius 2 is 1.94 bits per heavy atom. The fourth-order valence-electron chi connectivity index (χ4n) is 2.91. The summed E-state index contributed by atoms with van der Waals surface area (Å²) >= 11 is 1.28. The van der Waals surface area contributed by atoms with Gasteiger partial charge in [-0.1, -0.05) is 41.6 Å². The molecule has 0 spiro atoms. The lowest BCUT2D eigenvalue weighted by atomic mass is 10.1. The van der Waals surface area contributed by atoms with Crippen molar-refractivity contribution >= 4 is 23.9 Å². The van der Waals surface area contributed by atoms with Crippen LogP contribution in [0.25, 0.3) is 17.1 Å². The second-order valence-electron chi connectivity index (χ2n) is 6.80. The van der Waals surface area contributed by atoms with Crippen LogP contribution in [0.5, 0.6) is 5.75 Å². The first-order valence-corrected chi connectivity index (χ1v) is 10.8. The predicted octanol–water partition coefficient (Wildman–Crippen LogP) is 4.09. The van der Waals surface area contributed by atoms with E-state index in [1.807, 2.05) is 60.0 Å². The van der Waals surface area contributed by atoms with Crippen LogP contribution < -0.4 is 10.2 Å². The van der Waals surface area contributed by atoms with Gasteiger partial charge in [0.15, 0.2) is 11.0 Å². The van der Waals surface area contributed by atoms with Crippen molar-refractivity contribution in [2.75, 3.05) is 12.9 Å². The van der Waals surface area contributed by atoms with Crippen molar-refractivity contribution in [2.45, 2.75) is 12.1 Å². The van der Waals surface area contributed by atoms with Crippen LogP contribution in [-0.4, -0.2) is 39.7 Å². The van der Waals surface area contributed by atoms with E-state index in [0.717, 1.165) is 22.6 Å². The molecule has 2 aromatic carbocycles. The lowest BCUT2D eigenvalue weighted by Crippen LogP contribution is -2.19. The van der Waals surface area contributed by atoms with Crippen molar-refractivity contribution in [3.63, 3.8) is 0 Å². The van der Waals surface area contributed by atoms with Gasteiger partial charge in [0.05, 0.1) is 25.3 Å². The summed E-state index contributed by atoms with van der Waals surface area (Å²) in [5.41, 5.74) is 5.44. The number of carbonyl (C=O) groups is 1. The topological polar surface area (TPSA) is 94.5 Å². The van der Waals surface area contributed by atoms with Gasteiger partial charge in [-0.25, -0.2) is 5.43 Å². The number of hydrazone groups is 1. The standard InChI is InChI=1S/C23H21N5O3S/c1-16-5-7-17(8-6-16)22-26-27-23(28(22)18-9-11-19(30-2)12-10-18)32-15-21(29)25-24-14-20-4-3-13-31-20/h3-14H,15H2,1-2H3,(H,25,29)/b24-14-. The summed E-state index contributed by atoms with van der Waals surface area (Å²) in [4.78, 5) is 12.2. The number of aromatic nitrogens is 3. The number of nitrogens with one attached hydrogen (secondary N) is 1. The van der Waals surface area contributed by atoms with E-state index in [4.69, 9.17) is 9.15 Å². The number of hydrogen-bond acceptors (Lipinski definition) is 7. The van der Waals surface area contributed by atoms with Gasteiger partial charge < -0.3 is 9.15 Å². The van der Waals surface area contributed by atoms with E-state index in [1.165, 1.54) is 24.2 Å². The molecule has 2 heterocycles. The number of hydrogen-bond donors (Lipinski definition) is 1. The average molecular weight is 448 g/mol. The molecule has 4 rings (SSSR count). The Morgan fingerprint density at radius 1 is 1.16 bits per heavy atom. The zero-order valence-corrected chi connectivity index (χ0v) is 18.4. The van der Waals surface area contributed by atoms with E-state index in [-0.39, 0.29) is 11.7 Å². The zero-order valence-electron chi connectivity index (χ0n) is 17.6. The molecule has 4 aromatic rings. The summed E-state index contributed by atoms with van der Waals surface area (Å²) in [7, 11) is 1.62. The van der Waals surface area contributed by atoms with Crippen LogP contribution in [-0.2, 0) is 4.79 Å². The Kier molecular flexibility index (Phi) is 6.66. The molecule has 1 N–H and O–H groups in total. The number of amides is 1. The fourth-order valence-corrected chi connectivity index (χ4v) is 3.66. The maximum atomic E-state index is 12.2. The lowest BCUT2D eigenvalue weighted by Gasteiger charge is -2.11. The van der Waals surface area contributed by atoms with E-state index >= 15 is 0 Å². The Bertz CT molecular complexity index is 1200. The molecule has 0 bridgehead atoms. The third-order valence-electron chi connectivity index (χ3n) is 4.53. The van der Waals surface area contributed by atoms with Crippen LogP contribution in [0.15, 0.2) is 81.6 Å². The van der Waals surface area contributed by atoms with Gasteiger partial charge in [0.1, 0.15) is 11.5 Å². The molecule has 0 aliphatic rings. The van der Waals surface area contributed by atoms with Crippen LogP contribution in [0.2, 0.25) is 0 Å². The van der Waals surface area contributed by atoms with E-state index in [2.05, 4.69) is 20.7 Å². The monoisotopic (exact) mass is 447 g/mol. The molecule has 0 fully saturated rings. The zero-order chi connectivity index (χ0) is 22.3. The van der Waals surface area contributed by atoms with E-state index in [9.17, 15) is 4.79 Å². The van der Waals surface area contributed by atoms with Gasteiger partial charge in [0, 0.05) is 11.3 Å². The highest BCUT2D eigenvalue weighted by molar-refractivity contribution is 7.99. The molecule has 0 aliphatic heterocycles. The summed E-state index contributed by atoms with van der Waals surface area (Å²) in [6.07, 6.45) is 2.98. The molecule has 32 heavy (non-hydrogen) atoms. The van der Waals surface area contributed by atoms with Crippen LogP contribution in [0.3, 0.4) is 0 Å². The quantitative estimate of drug-likeness (QED) is 0.248. The third-order valence-corrected chi connectivity index (χ3v) is 5.46. The largest absolute Gasteiger partial charge is 0.497 e. The number of furan rings is 1. The first kappa shape index (κ1) is 21.4. The normalized spacial score (nSPS) is 11.1. The number of methoxy groups -OCH3 is 1. The van der Waals surface area contributed by atoms with Crippen molar-refractivity contribution in [3.8, 4) is 22.8 Å². The highest BCUT2D eigenvalue weighted by Crippen LogP contribution is 2.29. The van der Waals surface area contributed by atoms with Crippen molar-refractivity contribution in [1.29, 1.82) is 0 Å². The lowest BCUT2D eigenvalue weighted by molar-refractivity contribution is -0.118. The molecule has 1 amide bonds. The van der Waals surface area contributed by atoms with Crippen LogP contribution in [0.1, 0.15) is 11.3 Å². The molecule has 162 valence electrons. The molecule has 8 nitrogen and oxygen atoms in total. The molecule has 2 aromatic heterocycles. The summed E-state index contributed by atoms with van der Waals surface area (Å²) < 4.78 is 12.3. The minimum atomic E-state index is -0.265. The van der Waals surface area contributed by atoms with Gasteiger partial charge in [0.25, 0.3) is 5.91 Å². The minimum absolute atomic E-state index is 0.123. The summed E-state index contributed by atoms with van der Waals surface area (Å²) in [6, 6.07) is 19.2. The molecule has 9 heteroatoms. The van der Waals surface area contributed by atoms with Gasteiger partial charge in [-0.3, -0.25) is 9.36 Å². The molecule has 0 radical (unpaired) electrons. The Balaban J connectivity index is 1.55. The van der Waals surface area contributed by atoms with Gasteiger partial charge in [-0.05, 0) is 43.3 Å². The SMILES string of the molecule is COc1ccc(-n2c(SCC(=O)N/N=C\c3ccco3)nnc2-c2ccc(C)cc2)cc1. The predicted molar refractivity (Wildman–Crippen MR) is 123 cm³/mol. The van der Waals surface area contributed by atoms with Crippen molar-refractivity contribution in [1.82, 2.24) is 20.2 Å². The minimum Gasteiger partial charge on any atom is -0.497 e. The maximum Gasteiger partial charge on any atom is 0.250 e. The Labute approximate surface area is 189 Å². The average Bonchev–Trinajstić information content (AvgIpc) is 3.48. The number of rotatable bonds is 8. The molecule has 0 unspecified atom stereocenters. The highest BCUT2D eigenvalue weighted by atomic mass is 32.2. The van der Waals surface area contributed by atoms with Crippen molar-refractivity contribution in [3.05, 3.63) is 78.3 Å². The van der Waals surface area contributed by atoms with Crippen molar-refractivity contribution < 1.29 is 13.9 Å². The first-order chi connectivity index (χ1) is 15.6. The summed E-state index contributed by atoms with van der Waals surface area (Å²) in [5, 5.41) is 13.2. The second-order valence-corrected chi connectivity index (χ2v) is 7.75. The van der Waals surface area contributed by atoms with Crippen LogP contribution in [0.4, 0.5) is 0 Å². The van der Waals surface area contributed by atoms with Gasteiger partial charge in [0.2, 0.25) is 0 Å². The molecule has 0 atom stereocenters. The summed E-state index contributed by atoms with van der Waals surface area (Å²) in [5.74, 6) is 1.85. The van der Waals surface area contributed by atoms with E-state index in [0.29, 0.717) is 16.7 Å². The first-order valence-electron chi connectivity index (χ1n) is 9.79. The van der Waals surface area contributed by atoms with E-state index in [1.54, 1.807) is 19.2 Å². The van der Waals surface area contributed by atoms with Crippen LogP contribution >= 0.6 is 11.8 Å². The maximum absolute atomic E-state index is 12.2. The number of thioether (sulfide) groups is 1. The van der Waals surface area contributed by atoms with Crippen LogP contribution in [0, 0.1) is 6.92 Å². The smallest absolute Gasteiger partial charge is 0.250 e. The molecular weight excluding hydrogens is 426 g/mol. The molecule has 0 saturated carbocycles. The van der Waals surface area contributed by atoms with Crippen molar-refractivity contribution in [2.24, 2.45) is 5.10 Å². The van der Waals surface area contributed by atoms with E-state index < -0.39 is 0 Å². The third kappa shape index (κ3) is 5.06. The Hall–Kier alpha value is -3.85. The number of benzene rings is 2. The summed E-state index contributed by atoms with van der Waals surface area (Å²) in [6.45, 7) is 2.03. The molecule has 0 saturated heterocycles. The number of nitrogens with zero attached hydrogens (tertiary/aromatic N) is 4.